The number of carbonyl (C=O) groups excluding carboxylic acids is 1. The highest BCUT2D eigenvalue weighted by Gasteiger charge is 2.18. The summed E-state index contributed by atoms with van der Waals surface area (Å²) in [6, 6.07) is 10.1. The fourth-order valence-corrected chi connectivity index (χ4v) is 2.24. The van der Waals surface area contributed by atoms with E-state index in [9.17, 15) is 4.79 Å². The van der Waals surface area contributed by atoms with Crippen LogP contribution < -0.4 is 5.73 Å². The second kappa shape index (κ2) is 8.05. The van der Waals surface area contributed by atoms with Crippen molar-refractivity contribution >= 4 is 5.97 Å². The number of hydrogen-bond acceptors (Lipinski definition) is 3. The molecule has 0 fully saturated rings. The first-order valence-corrected chi connectivity index (χ1v) is 7.32. The quantitative estimate of drug-likeness (QED) is 0.614. The molecule has 0 saturated carbocycles. The molecule has 0 aliphatic carbocycles. The summed E-state index contributed by atoms with van der Waals surface area (Å²) < 4.78 is 5.23. The van der Waals surface area contributed by atoms with Crippen molar-refractivity contribution in [3.8, 4) is 0 Å². The van der Waals surface area contributed by atoms with Crippen molar-refractivity contribution in [1.29, 1.82) is 0 Å². The number of benzene rings is 1. The molecule has 112 valence electrons. The van der Waals surface area contributed by atoms with Gasteiger partial charge < -0.3 is 10.5 Å². The van der Waals surface area contributed by atoms with E-state index in [-0.39, 0.29) is 17.4 Å². The van der Waals surface area contributed by atoms with Gasteiger partial charge in [-0.05, 0) is 30.2 Å². The van der Waals surface area contributed by atoms with Crippen LogP contribution in [0, 0.1) is 5.41 Å². The van der Waals surface area contributed by atoms with Gasteiger partial charge in [0.25, 0.3) is 0 Å². The lowest BCUT2D eigenvalue weighted by Crippen LogP contribution is -2.29. The highest BCUT2D eigenvalue weighted by Crippen LogP contribution is 2.21. The number of rotatable bonds is 7. The van der Waals surface area contributed by atoms with Crippen LogP contribution in [-0.4, -0.2) is 18.6 Å². The average molecular weight is 277 g/mol. The summed E-state index contributed by atoms with van der Waals surface area (Å²) in [6.45, 7) is 6.84. The van der Waals surface area contributed by atoms with Crippen molar-refractivity contribution in [2.75, 3.05) is 6.61 Å². The lowest BCUT2D eigenvalue weighted by molar-refractivity contribution is -0.144. The highest BCUT2D eigenvalue weighted by atomic mass is 16.5. The lowest BCUT2D eigenvalue weighted by Gasteiger charge is -2.22. The fraction of sp³-hybridized carbons (Fsp3) is 0.588. The molecular formula is C17H27NO2. The largest absolute Gasteiger partial charge is 0.466 e. The summed E-state index contributed by atoms with van der Waals surface area (Å²) in [6.07, 6.45) is 2.92. The third-order valence-corrected chi connectivity index (χ3v) is 3.02. The Morgan fingerprint density at radius 2 is 1.90 bits per heavy atom. The van der Waals surface area contributed by atoms with E-state index in [4.69, 9.17) is 10.5 Å². The summed E-state index contributed by atoms with van der Waals surface area (Å²) in [7, 11) is 0. The molecule has 1 aromatic rings. The van der Waals surface area contributed by atoms with Crippen LogP contribution in [0.4, 0.5) is 0 Å². The molecule has 1 atom stereocenters. The van der Waals surface area contributed by atoms with Crippen LogP contribution in [0.25, 0.3) is 0 Å². The Morgan fingerprint density at radius 1 is 1.25 bits per heavy atom. The van der Waals surface area contributed by atoms with Crippen molar-refractivity contribution in [3.63, 3.8) is 0 Å². The maximum atomic E-state index is 11.6. The molecule has 0 spiro atoms. The number of hydrogen-bond donors (Lipinski definition) is 1. The highest BCUT2D eigenvalue weighted by molar-refractivity contribution is 5.70. The van der Waals surface area contributed by atoms with Crippen molar-refractivity contribution in [2.45, 2.75) is 52.5 Å². The Morgan fingerprint density at radius 3 is 2.50 bits per heavy atom. The van der Waals surface area contributed by atoms with Gasteiger partial charge in [0, 0.05) is 6.04 Å². The summed E-state index contributed by atoms with van der Waals surface area (Å²) >= 11 is 0. The molecule has 0 aliphatic rings. The Balaban J connectivity index is 2.14. The Bertz CT molecular complexity index is 395. The van der Waals surface area contributed by atoms with Crippen molar-refractivity contribution in [1.82, 2.24) is 0 Å². The summed E-state index contributed by atoms with van der Waals surface area (Å²) in [5.74, 6) is -0.185. The maximum absolute atomic E-state index is 11.6. The normalized spacial score (nSPS) is 13.0. The average Bonchev–Trinajstić information content (AvgIpc) is 2.33. The zero-order valence-corrected chi connectivity index (χ0v) is 12.9. The van der Waals surface area contributed by atoms with Gasteiger partial charge in [-0.1, -0.05) is 51.1 Å². The molecule has 0 saturated heterocycles. The minimum absolute atomic E-state index is 0.114. The van der Waals surface area contributed by atoms with E-state index in [0.717, 1.165) is 19.3 Å². The van der Waals surface area contributed by atoms with Gasteiger partial charge >= 0.3 is 5.97 Å². The maximum Gasteiger partial charge on any atom is 0.307 e. The summed E-state index contributed by atoms with van der Waals surface area (Å²) in [4.78, 5) is 11.6. The first-order chi connectivity index (χ1) is 9.37. The van der Waals surface area contributed by atoms with Crippen LogP contribution in [0.2, 0.25) is 0 Å². The van der Waals surface area contributed by atoms with E-state index in [0.29, 0.717) is 13.0 Å². The smallest absolute Gasteiger partial charge is 0.307 e. The van der Waals surface area contributed by atoms with E-state index >= 15 is 0 Å². The monoisotopic (exact) mass is 277 g/mol. The van der Waals surface area contributed by atoms with Crippen molar-refractivity contribution < 1.29 is 9.53 Å². The molecule has 0 radical (unpaired) electrons. The van der Waals surface area contributed by atoms with Gasteiger partial charge in [0.1, 0.15) is 0 Å². The van der Waals surface area contributed by atoms with Gasteiger partial charge in [-0.2, -0.15) is 0 Å². The molecule has 3 heteroatoms. The summed E-state index contributed by atoms with van der Waals surface area (Å²) in [5, 5.41) is 0. The van der Waals surface area contributed by atoms with Crippen LogP contribution >= 0.6 is 0 Å². The van der Waals surface area contributed by atoms with Crippen LogP contribution in [-0.2, 0) is 16.0 Å². The van der Waals surface area contributed by atoms with E-state index in [1.54, 1.807) is 0 Å². The van der Waals surface area contributed by atoms with Crippen LogP contribution in [0.5, 0.6) is 0 Å². The van der Waals surface area contributed by atoms with Gasteiger partial charge in [0.2, 0.25) is 0 Å². The predicted molar refractivity (Wildman–Crippen MR) is 82.4 cm³/mol. The zero-order chi connectivity index (χ0) is 15.0. The number of carbonyl (C=O) groups is 1. The molecule has 20 heavy (non-hydrogen) atoms. The minimum Gasteiger partial charge on any atom is -0.466 e. The Kier molecular flexibility index (Phi) is 6.73. The van der Waals surface area contributed by atoms with Crippen LogP contribution in [0.3, 0.4) is 0 Å². The number of esters is 1. The van der Waals surface area contributed by atoms with Crippen LogP contribution in [0.1, 0.15) is 45.6 Å². The third kappa shape index (κ3) is 7.95. The molecule has 3 nitrogen and oxygen atoms in total. The zero-order valence-electron chi connectivity index (χ0n) is 12.9. The Labute approximate surface area is 122 Å². The van der Waals surface area contributed by atoms with E-state index < -0.39 is 0 Å². The second-order valence-electron chi connectivity index (χ2n) is 6.54. The fourth-order valence-electron chi connectivity index (χ4n) is 2.24. The Hall–Kier alpha value is -1.35. The van der Waals surface area contributed by atoms with E-state index in [1.165, 1.54) is 5.56 Å². The third-order valence-electron chi connectivity index (χ3n) is 3.02. The number of aryl methyl sites for hydroxylation is 1. The first kappa shape index (κ1) is 16.7. The van der Waals surface area contributed by atoms with Gasteiger partial charge in [0.05, 0.1) is 13.0 Å². The molecule has 2 N–H and O–H groups in total. The first-order valence-electron chi connectivity index (χ1n) is 7.32. The van der Waals surface area contributed by atoms with Crippen LogP contribution in [0.15, 0.2) is 30.3 Å². The SMILES string of the molecule is CC(C)(C)CC(N)CC(=O)OCCCc1ccccc1. The van der Waals surface area contributed by atoms with Gasteiger partial charge in [-0.15, -0.1) is 0 Å². The predicted octanol–water partition coefficient (Wildman–Crippen LogP) is 3.32. The molecule has 0 amide bonds. The van der Waals surface area contributed by atoms with Gasteiger partial charge in [-0.25, -0.2) is 0 Å². The molecule has 1 unspecified atom stereocenters. The van der Waals surface area contributed by atoms with Crippen molar-refractivity contribution in [3.05, 3.63) is 35.9 Å². The standard InChI is InChI=1S/C17H27NO2/c1-17(2,3)13-15(18)12-16(19)20-11-7-10-14-8-5-4-6-9-14/h4-6,8-9,15H,7,10-13,18H2,1-3H3. The number of ether oxygens (including phenoxy) is 1. The molecule has 1 aromatic carbocycles. The number of nitrogens with two attached hydrogens (primary N) is 1. The van der Waals surface area contributed by atoms with E-state index in [1.807, 2.05) is 18.2 Å². The summed E-state index contributed by atoms with van der Waals surface area (Å²) in [5.41, 5.74) is 7.37. The minimum atomic E-state index is -0.185. The van der Waals surface area contributed by atoms with E-state index in [2.05, 4.69) is 32.9 Å². The molecule has 0 aromatic heterocycles. The molecule has 0 bridgehead atoms. The molecule has 1 rings (SSSR count). The molecule has 0 heterocycles. The second-order valence-corrected chi connectivity index (χ2v) is 6.54. The van der Waals surface area contributed by atoms with Gasteiger partial charge in [-0.3, -0.25) is 4.79 Å². The molecule has 0 aliphatic heterocycles. The van der Waals surface area contributed by atoms with Crippen molar-refractivity contribution in [2.24, 2.45) is 11.1 Å². The molecular weight excluding hydrogens is 250 g/mol. The van der Waals surface area contributed by atoms with Gasteiger partial charge in [0.15, 0.2) is 0 Å². The topological polar surface area (TPSA) is 52.3 Å². The lowest BCUT2D eigenvalue weighted by atomic mass is 9.87.